The fourth-order valence-corrected chi connectivity index (χ4v) is 4.87. The van der Waals surface area contributed by atoms with Crippen molar-refractivity contribution < 1.29 is 12.4 Å². The fourth-order valence-electron chi connectivity index (χ4n) is 4.87. The topological polar surface area (TPSA) is 63.0 Å². The van der Waals surface area contributed by atoms with E-state index in [1.807, 2.05) is 0 Å². The summed E-state index contributed by atoms with van der Waals surface area (Å²) in [7, 11) is 0. The summed E-state index contributed by atoms with van der Waals surface area (Å²) in [6.45, 7) is 6.43. The molecule has 0 amide bonds. The molecule has 2 fully saturated rings. The first kappa shape index (κ1) is 18.1. The van der Waals surface area contributed by atoms with Crippen molar-refractivity contribution in [3.63, 3.8) is 0 Å². The van der Waals surface area contributed by atoms with Crippen LogP contribution >= 0.6 is 0 Å². The third kappa shape index (κ3) is 3.43. The lowest BCUT2D eigenvalue weighted by molar-refractivity contribution is 0.102. The van der Waals surface area contributed by atoms with Crippen LogP contribution in [0, 0.1) is 41.4 Å². The third-order valence-corrected chi connectivity index (χ3v) is 5.94. The van der Waals surface area contributed by atoms with Crippen LogP contribution in [-0.2, 0) is 0 Å². The lowest BCUT2D eigenvalue weighted by atomic mass is 9.61. The standard InChI is InChI=1S/C19H26.2H2O.H2/c1-3-15-12-13-16-8-4-5-9-17(16)14(2)18-10-6-7-11-19(15)18;;;/h14,16-19H,1,4-11H2,2H3;2*1H2;1H. The quantitative estimate of drug-likeness (QED) is 0.484. The van der Waals surface area contributed by atoms with Crippen LogP contribution in [0.4, 0.5) is 0 Å². The van der Waals surface area contributed by atoms with Crippen molar-refractivity contribution in [2.24, 2.45) is 29.6 Å². The van der Waals surface area contributed by atoms with Crippen LogP contribution in [0.2, 0.25) is 0 Å². The van der Waals surface area contributed by atoms with Crippen molar-refractivity contribution in [2.45, 2.75) is 58.3 Å². The Bertz CT molecular complexity index is 456. The predicted molar refractivity (Wildman–Crippen MR) is 89.8 cm³/mol. The molecule has 0 aromatic heterocycles. The van der Waals surface area contributed by atoms with E-state index in [-0.39, 0.29) is 12.4 Å². The van der Waals surface area contributed by atoms with Crippen molar-refractivity contribution in [1.29, 1.82) is 0 Å². The van der Waals surface area contributed by atoms with Gasteiger partial charge in [-0.3, -0.25) is 0 Å². The monoisotopic (exact) mass is 292 g/mol. The molecule has 3 rings (SSSR count). The van der Waals surface area contributed by atoms with Crippen molar-refractivity contribution in [3.8, 4) is 11.8 Å². The Labute approximate surface area is 130 Å². The van der Waals surface area contributed by atoms with Gasteiger partial charge in [0, 0.05) is 18.8 Å². The van der Waals surface area contributed by atoms with Crippen LogP contribution in [0.15, 0.2) is 17.9 Å². The van der Waals surface area contributed by atoms with Crippen LogP contribution in [0.5, 0.6) is 0 Å². The van der Waals surface area contributed by atoms with Crippen molar-refractivity contribution >= 4 is 0 Å². The van der Waals surface area contributed by atoms with E-state index in [1.165, 1.54) is 56.9 Å². The van der Waals surface area contributed by atoms with E-state index in [1.54, 1.807) is 0 Å². The maximum absolute atomic E-state index is 3.91. The van der Waals surface area contributed by atoms with Gasteiger partial charge in [0.25, 0.3) is 0 Å². The molecule has 0 spiro atoms. The average molecular weight is 292 g/mol. The Balaban J connectivity index is 0.00000147. The van der Waals surface area contributed by atoms with E-state index in [0.29, 0.717) is 11.8 Å². The second-order valence-corrected chi connectivity index (χ2v) is 6.83. The summed E-state index contributed by atoms with van der Waals surface area (Å²) in [6.07, 6.45) is 11.1. The van der Waals surface area contributed by atoms with E-state index in [2.05, 4.69) is 31.1 Å². The molecule has 5 atom stereocenters. The minimum atomic E-state index is 0. The summed E-state index contributed by atoms with van der Waals surface area (Å²) in [5.74, 6) is 10.9. The molecular formula is C19H32O2. The molecule has 3 aliphatic rings. The molecule has 2 nitrogen and oxygen atoms in total. The molecule has 0 radical (unpaired) electrons. The van der Waals surface area contributed by atoms with Gasteiger partial charge in [-0.15, -0.1) is 5.73 Å². The fraction of sp³-hybridized carbons (Fsp3) is 0.737. The molecule has 0 aromatic rings. The second kappa shape index (κ2) is 7.85. The first-order valence-electron chi connectivity index (χ1n) is 8.22. The lowest BCUT2D eigenvalue weighted by Gasteiger charge is -2.43. The minimum Gasteiger partial charge on any atom is -0.412 e. The molecule has 5 unspecified atom stereocenters. The van der Waals surface area contributed by atoms with E-state index in [4.69, 9.17) is 0 Å². The van der Waals surface area contributed by atoms with Crippen LogP contribution in [0.25, 0.3) is 0 Å². The van der Waals surface area contributed by atoms with Gasteiger partial charge >= 0.3 is 0 Å². The molecule has 120 valence electrons. The summed E-state index contributed by atoms with van der Waals surface area (Å²) in [6, 6.07) is 0. The number of hydrogen-bond donors (Lipinski definition) is 0. The highest BCUT2D eigenvalue weighted by atomic mass is 16.0. The van der Waals surface area contributed by atoms with Crippen molar-refractivity contribution in [2.75, 3.05) is 0 Å². The molecule has 21 heavy (non-hydrogen) atoms. The number of rotatable bonds is 0. The predicted octanol–water partition coefficient (Wildman–Crippen LogP) is 3.56. The molecule has 0 heterocycles. The van der Waals surface area contributed by atoms with Crippen LogP contribution in [0.1, 0.15) is 59.7 Å². The Morgan fingerprint density at radius 3 is 2.33 bits per heavy atom. The number of allylic oxidation sites excluding steroid dienone is 1. The average Bonchev–Trinajstić information content (AvgIpc) is 2.47. The summed E-state index contributed by atoms with van der Waals surface area (Å²) < 4.78 is 0. The highest BCUT2D eigenvalue weighted by Gasteiger charge is 2.39. The van der Waals surface area contributed by atoms with Gasteiger partial charge in [0.1, 0.15) is 0 Å². The van der Waals surface area contributed by atoms with Crippen LogP contribution in [0.3, 0.4) is 0 Å². The first-order chi connectivity index (χ1) is 9.31. The molecule has 0 bridgehead atoms. The Morgan fingerprint density at radius 1 is 1.00 bits per heavy atom. The molecule has 4 N–H and O–H groups in total. The minimum absolute atomic E-state index is 0. The van der Waals surface area contributed by atoms with Gasteiger partial charge in [-0.2, -0.15) is 0 Å². The summed E-state index contributed by atoms with van der Waals surface area (Å²) >= 11 is 0. The summed E-state index contributed by atoms with van der Waals surface area (Å²) in [5.41, 5.74) is 4.42. The number of fused-ring (bicyclic) bond motifs is 2. The summed E-state index contributed by atoms with van der Waals surface area (Å²) in [5, 5.41) is 0. The molecule has 0 aliphatic heterocycles. The Morgan fingerprint density at radius 2 is 1.62 bits per heavy atom. The van der Waals surface area contributed by atoms with E-state index in [0.717, 1.165) is 17.8 Å². The molecule has 2 saturated carbocycles. The summed E-state index contributed by atoms with van der Waals surface area (Å²) in [4.78, 5) is 0. The normalized spacial score (nSPS) is 37.8. The zero-order valence-corrected chi connectivity index (χ0v) is 13.3. The zero-order valence-electron chi connectivity index (χ0n) is 13.3. The van der Waals surface area contributed by atoms with E-state index < -0.39 is 0 Å². The maximum atomic E-state index is 3.91. The molecular weight excluding hydrogens is 260 g/mol. The first-order valence-corrected chi connectivity index (χ1v) is 8.22. The van der Waals surface area contributed by atoms with Gasteiger partial charge in [-0.25, -0.2) is 0 Å². The molecule has 3 aliphatic carbocycles. The highest BCUT2D eigenvalue weighted by Crippen LogP contribution is 2.47. The maximum Gasteiger partial charge on any atom is 0.0465 e. The van der Waals surface area contributed by atoms with Crippen LogP contribution in [-0.4, -0.2) is 11.0 Å². The Hall–Kier alpha value is -1.00. The molecule has 0 saturated heterocycles. The number of hydrogen-bond acceptors (Lipinski definition) is 0. The van der Waals surface area contributed by atoms with Gasteiger partial charge < -0.3 is 11.0 Å². The lowest BCUT2D eigenvalue weighted by Crippen LogP contribution is -2.36. The van der Waals surface area contributed by atoms with E-state index >= 15 is 0 Å². The smallest absolute Gasteiger partial charge is 0.0465 e. The highest BCUT2D eigenvalue weighted by molar-refractivity contribution is 5.33. The van der Waals surface area contributed by atoms with Gasteiger partial charge in [-0.1, -0.05) is 51.0 Å². The zero-order chi connectivity index (χ0) is 13.2. The second-order valence-electron chi connectivity index (χ2n) is 6.83. The van der Waals surface area contributed by atoms with Crippen LogP contribution < -0.4 is 0 Å². The molecule has 2 heteroatoms. The van der Waals surface area contributed by atoms with Gasteiger partial charge in [-0.05, 0) is 43.4 Å². The molecule has 0 aromatic carbocycles. The SMILES string of the molecule is C=C=C1C#CC2CCCCC2C(C)C2CCCCC12.O.O.[HH]. The van der Waals surface area contributed by atoms with Crippen molar-refractivity contribution in [3.05, 3.63) is 17.9 Å². The van der Waals surface area contributed by atoms with Crippen molar-refractivity contribution in [1.82, 2.24) is 0 Å². The van der Waals surface area contributed by atoms with Gasteiger partial charge in [0.2, 0.25) is 0 Å². The van der Waals surface area contributed by atoms with Gasteiger partial charge in [0.05, 0.1) is 0 Å². The Kier molecular flexibility index (Phi) is 6.75. The van der Waals surface area contributed by atoms with Gasteiger partial charge in [0.15, 0.2) is 0 Å². The largest absolute Gasteiger partial charge is 0.412 e. The third-order valence-electron chi connectivity index (χ3n) is 5.94. The van der Waals surface area contributed by atoms with E-state index in [9.17, 15) is 0 Å².